The van der Waals surface area contributed by atoms with Crippen molar-refractivity contribution in [1.82, 2.24) is 5.32 Å². The summed E-state index contributed by atoms with van der Waals surface area (Å²) in [5, 5.41) is 49.0. The number of phenols is 2. The van der Waals surface area contributed by atoms with Crippen LogP contribution >= 0.6 is 12.4 Å². The summed E-state index contributed by atoms with van der Waals surface area (Å²) in [6, 6.07) is 4.20. The zero-order chi connectivity index (χ0) is 31.5. The van der Waals surface area contributed by atoms with Crippen molar-refractivity contribution in [3.05, 3.63) is 51.6 Å². The van der Waals surface area contributed by atoms with Crippen molar-refractivity contribution in [2.45, 2.75) is 88.2 Å². The van der Waals surface area contributed by atoms with Crippen molar-refractivity contribution in [1.29, 1.82) is 0 Å². The monoisotopic (exact) mass is 647 g/mol. The lowest BCUT2D eigenvalue weighted by molar-refractivity contribution is -0.250. The molecule has 6 atom stereocenters. The highest BCUT2D eigenvalue weighted by molar-refractivity contribution is 6.31. The molecule has 0 bridgehead atoms. The van der Waals surface area contributed by atoms with Crippen LogP contribution in [0.25, 0.3) is 0 Å². The largest absolute Gasteiger partial charge is 0.507 e. The Kier molecular flexibility index (Phi) is 9.31. The molecular weight excluding hydrogens is 610 g/mol. The molecule has 2 heterocycles. The summed E-state index contributed by atoms with van der Waals surface area (Å²) >= 11 is 0. The summed E-state index contributed by atoms with van der Waals surface area (Å²) in [5.74, 6) is -3.09. The van der Waals surface area contributed by atoms with Crippen LogP contribution in [0.3, 0.4) is 0 Å². The predicted molar refractivity (Wildman–Crippen MR) is 160 cm³/mol. The first kappa shape index (κ1) is 33.3. The van der Waals surface area contributed by atoms with Gasteiger partial charge in [-0.3, -0.25) is 14.4 Å². The third kappa shape index (κ3) is 5.62. The molecule has 45 heavy (non-hydrogen) atoms. The van der Waals surface area contributed by atoms with E-state index in [1.165, 1.54) is 32.2 Å². The van der Waals surface area contributed by atoms with E-state index >= 15 is 0 Å². The van der Waals surface area contributed by atoms with Gasteiger partial charge in [-0.05, 0) is 32.8 Å². The molecule has 5 N–H and O–H groups in total. The summed E-state index contributed by atoms with van der Waals surface area (Å²) in [5.41, 5.74) is -2.95. The fourth-order valence-corrected chi connectivity index (χ4v) is 6.96. The summed E-state index contributed by atoms with van der Waals surface area (Å²) < 4.78 is 23.1. The van der Waals surface area contributed by atoms with E-state index < -0.39 is 82.6 Å². The minimum atomic E-state index is -2.00. The standard InChI is InChI=1S/C32H37NO11.ClH/c1-14-27(35)19(33-16-7-9-42-10-8-16)11-22(43-14)44-21-13-32(40,15(2)34)12-18-24(21)31(39)26-25(29(18)37)28(36)17-5-4-6-20(41-3)23(17)30(26)38;/h4-6,14,16,19,21-22,27,33,35,37,39-40H,7-13H2,1-3H3;1H/t14-,19-,21-,22-,27+,32-;/m0./s1. The molecule has 2 aliphatic heterocycles. The fourth-order valence-electron chi connectivity index (χ4n) is 6.96. The second kappa shape index (κ2) is 12.6. The Balaban J connectivity index is 0.00000400. The molecule has 0 radical (unpaired) electrons. The van der Waals surface area contributed by atoms with Gasteiger partial charge in [0.1, 0.15) is 22.8 Å². The Labute approximate surface area is 266 Å². The molecule has 2 saturated heterocycles. The molecule has 2 aromatic rings. The van der Waals surface area contributed by atoms with Crippen molar-refractivity contribution in [2.75, 3.05) is 20.3 Å². The average Bonchev–Trinajstić information content (AvgIpc) is 3.00. The van der Waals surface area contributed by atoms with Crippen LogP contribution in [0.2, 0.25) is 0 Å². The maximum atomic E-state index is 13.8. The maximum absolute atomic E-state index is 13.8. The number of carbonyl (C=O) groups excluding carboxylic acids is 3. The van der Waals surface area contributed by atoms with Gasteiger partial charge in [0.15, 0.2) is 17.9 Å². The van der Waals surface area contributed by atoms with Crippen LogP contribution < -0.4 is 10.1 Å². The molecular formula is C32H38ClNO11. The summed E-state index contributed by atoms with van der Waals surface area (Å²) in [6.07, 6.45) is -2.61. The molecule has 4 aliphatic rings. The first-order valence-corrected chi connectivity index (χ1v) is 14.9. The topological polar surface area (TPSA) is 181 Å². The SMILES string of the molecule is COc1cccc2c1C(=O)c1c(O)c3c(c(O)c1C2=O)C[C@@](O)(C(C)=O)C[C@@H]3O[C@H]1C[C@H](NC2CCOCC2)[C@H](O)[C@H](C)O1.Cl. The lowest BCUT2D eigenvalue weighted by Gasteiger charge is -2.43. The second-order valence-electron chi connectivity index (χ2n) is 12.1. The number of benzene rings is 2. The predicted octanol–water partition coefficient (Wildman–Crippen LogP) is 2.26. The first-order valence-electron chi connectivity index (χ1n) is 14.9. The lowest BCUT2D eigenvalue weighted by atomic mass is 9.72. The van der Waals surface area contributed by atoms with Gasteiger partial charge >= 0.3 is 0 Å². The number of hydrogen-bond acceptors (Lipinski definition) is 12. The summed E-state index contributed by atoms with van der Waals surface area (Å²) in [6.45, 7) is 4.13. The number of methoxy groups -OCH3 is 1. The van der Waals surface area contributed by atoms with E-state index in [0.717, 1.165) is 12.8 Å². The van der Waals surface area contributed by atoms with Crippen molar-refractivity contribution in [3.8, 4) is 17.2 Å². The van der Waals surface area contributed by atoms with Gasteiger partial charge in [-0.15, -0.1) is 12.4 Å². The number of aromatic hydroxyl groups is 2. The Morgan fingerprint density at radius 1 is 1.07 bits per heavy atom. The number of aliphatic hydroxyl groups excluding tert-OH is 1. The lowest BCUT2D eigenvalue weighted by Crippen LogP contribution is -2.57. The average molecular weight is 648 g/mol. The van der Waals surface area contributed by atoms with Crippen LogP contribution in [0.4, 0.5) is 0 Å². The summed E-state index contributed by atoms with van der Waals surface area (Å²) in [7, 11) is 1.35. The molecule has 0 spiro atoms. The van der Waals surface area contributed by atoms with E-state index in [1.54, 1.807) is 6.92 Å². The van der Waals surface area contributed by atoms with Gasteiger partial charge in [0.2, 0.25) is 5.78 Å². The van der Waals surface area contributed by atoms with Gasteiger partial charge in [-0.2, -0.15) is 0 Å². The van der Waals surface area contributed by atoms with Crippen LogP contribution in [0, 0.1) is 0 Å². The number of carbonyl (C=O) groups is 3. The maximum Gasteiger partial charge on any atom is 0.202 e. The third-order valence-electron chi connectivity index (χ3n) is 9.42. The Morgan fingerprint density at radius 3 is 2.42 bits per heavy atom. The number of fused-ring (bicyclic) bond motifs is 3. The zero-order valence-electron chi connectivity index (χ0n) is 25.2. The van der Waals surface area contributed by atoms with E-state index in [4.69, 9.17) is 18.9 Å². The van der Waals surface area contributed by atoms with E-state index in [0.29, 0.717) is 13.2 Å². The van der Waals surface area contributed by atoms with Crippen LogP contribution in [-0.4, -0.2) is 94.3 Å². The zero-order valence-corrected chi connectivity index (χ0v) is 26.0. The quantitative estimate of drug-likeness (QED) is 0.247. The number of ketones is 3. The molecule has 2 fully saturated rings. The second-order valence-corrected chi connectivity index (χ2v) is 12.1. The highest BCUT2D eigenvalue weighted by Crippen LogP contribution is 2.52. The van der Waals surface area contributed by atoms with Crippen LogP contribution in [0.1, 0.15) is 88.6 Å². The van der Waals surface area contributed by atoms with Crippen LogP contribution in [0.5, 0.6) is 17.2 Å². The molecule has 13 heteroatoms. The normalized spacial score (nSPS) is 29.7. The van der Waals surface area contributed by atoms with Gasteiger partial charge in [-0.1, -0.05) is 12.1 Å². The molecule has 12 nitrogen and oxygen atoms in total. The van der Waals surface area contributed by atoms with Gasteiger partial charge < -0.3 is 44.7 Å². The molecule has 2 aromatic carbocycles. The molecule has 244 valence electrons. The highest BCUT2D eigenvalue weighted by Gasteiger charge is 2.49. The van der Waals surface area contributed by atoms with E-state index in [9.17, 15) is 34.8 Å². The number of hydrogen-bond donors (Lipinski definition) is 5. The number of nitrogens with one attached hydrogen (secondary N) is 1. The summed E-state index contributed by atoms with van der Waals surface area (Å²) in [4.78, 5) is 40.2. The fraction of sp³-hybridized carbons (Fsp3) is 0.531. The first-order chi connectivity index (χ1) is 20.9. The molecule has 2 aliphatic carbocycles. The van der Waals surface area contributed by atoms with Crippen molar-refractivity contribution < 1.29 is 53.8 Å². The number of ether oxygens (including phenoxy) is 4. The van der Waals surface area contributed by atoms with E-state index in [-0.39, 0.29) is 59.3 Å². The number of Topliss-reactive ketones (excluding diaryl/α,β-unsaturated/α-hetero) is 1. The van der Waals surface area contributed by atoms with Crippen molar-refractivity contribution in [2.24, 2.45) is 0 Å². The number of aliphatic hydroxyl groups is 2. The Hall–Kier alpha value is -3.10. The Bertz CT molecular complexity index is 1520. The molecule has 0 saturated carbocycles. The number of rotatable bonds is 6. The molecule has 6 rings (SSSR count). The van der Waals surface area contributed by atoms with Gasteiger partial charge in [0, 0.05) is 61.3 Å². The van der Waals surface area contributed by atoms with Crippen molar-refractivity contribution >= 4 is 29.8 Å². The minimum Gasteiger partial charge on any atom is -0.507 e. The van der Waals surface area contributed by atoms with Gasteiger partial charge in [-0.25, -0.2) is 0 Å². The number of phenolic OH excluding ortho intramolecular Hbond substituents is 2. The molecule has 0 aromatic heterocycles. The molecule has 0 amide bonds. The van der Waals surface area contributed by atoms with Crippen LogP contribution in [0.15, 0.2) is 18.2 Å². The minimum absolute atomic E-state index is 0. The van der Waals surface area contributed by atoms with Gasteiger partial charge in [0.05, 0.1) is 42.1 Å². The van der Waals surface area contributed by atoms with Crippen LogP contribution in [-0.2, 0) is 25.4 Å². The smallest absolute Gasteiger partial charge is 0.202 e. The van der Waals surface area contributed by atoms with Crippen molar-refractivity contribution in [3.63, 3.8) is 0 Å². The Morgan fingerprint density at radius 2 is 1.76 bits per heavy atom. The molecule has 0 unspecified atom stereocenters. The van der Waals surface area contributed by atoms with E-state index in [2.05, 4.69) is 5.32 Å². The van der Waals surface area contributed by atoms with Gasteiger partial charge in [0.25, 0.3) is 0 Å². The van der Waals surface area contributed by atoms with E-state index in [1.807, 2.05) is 0 Å². The number of halogens is 1. The third-order valence-corrected chi connectivity index (χ3v) is 9.42. The highest BCUT2D eigenvalue weighted by atomic mass is 35.5.